The van der Waals surface area contributed by atoms with Crippen LogP contribution in [0.5, 0.6) is 5.88 Å². The van der Waals surface area contributed by atoms with Gasteiger partial charge in [0, 0.05) is 6.54 Å². The number of aromatic amines is 1. The van der Waals surface area contributed by atoms with Crippen LogP contribution in [0.1, 0.15) is 31.7 Å². The van der Waals surface area contributed by atoms with Crippen molar-refractivity contribution in [2.75, 3.05) is 6.61 Å². The van der Waals surface area contributed by atoms with Gasteiger partial charge < -0.3 is 9.72 Å². The van der Waals surface area contributed by atoms with Gasteiger partial charge in [-0.05, 0) is 32.5 Å². The van der Waals surface area contributed by atoms with E-state index in [-0.39, 0.29) is 17.1 Å². The summed E-state index contributed by atoms with van der Waals surface area (Å²) in [7, 11) is 0. The van der Waals surface area contributed by atoms with E-state index in [1.54, 1.807) is 0 Å². The fourth-order valence-corrected chi connectivity index (χ4v) is 2.59. The lowest BCUT2D eigenvalue weighted by molar-refractivity contribution is 0.324. The first kappa shape index (κ1) is 17.4. The summed E-state index contributed by atoms with van der Waals surface area (Å²) < 4.78 is 7.22. The maximum atomic E-state index is 12.6. The molecule has 0 aromatic carbocycles. The molecule has 1 N–H and O–H groups in total. The van der Waals surface area contributed by atoms with Crippen LogP contribution in [-0.4, -0.2) is 26.4 Å². The van der Waals surface area contributed by atoms with Gasteiger partial charge in [0.15, 0.2) is 4.77 Å². The molecule has 0 radical (unpaired) electrons. The fraction of sp³-hybridized carbons (Fsp3) is 0.538. The predicted octanol–water partition coefficient (Wildman–Crippen LogP) is 3.68. The Hall–Kier alpha value is -1.94. The Kier molecular flexibility index (Phi) is 6.11. The second kappa shape index (κ2) is 8.06. The lowest BCUT2D eigenvalue weighted by Gasteiger charge is -2.10. The van der Waals surface area contributed by atoms with Gasteiger partial charge in [0.1, 0.15) is 5.01 Å². The molecule has 0 aliphatic carbocycles. The van der Waals surface area contributed by atoms with E-state index >= 15 is 0 Å². The van der Waals surface area contributed by atoms with E-state index in [1.807, 2.05) is 20.8 Å². The SMILES string of the molecule is CCCCn1c(=S)[nH]c(OCC)c(/N=N/c2nnc(C)s2)c1=O. The van der Waals surface area contributed by atoms with Crippen LogP contribution in [-0.2, 0) is 6.54 Å². The van der Waals surface area contributed by atoms with E-state index < -0.39 is 0 Å². The zero-order valence-corrected chi connectivity index (χ0v) is 14.8. The van der Waals surface area contributed by atoms with Gasteiger partial charge in [0.05, 0.1) is 6.61 Å². The fourth-order valence-electron chi connectivity index (χ4n) is 1.82. The largest absolute Gasteiger partial charge is 0.478 e. The van der Waals surface area contributed by atoms with Crippen molar-refractivity contribution in [2.24, 2.45) is 10.2 Å². The lowest BCUT2D eigenvalue weighted by atomic mass is 10.3. The van der Waals surface area contributed by atoms with Crippen LogP contribution >= 0.6 is 23.6 Å². The molecule has 0 fully saturated rings. The highest BCUT2D eigenvalue weighted by Crippen LogP contribution is 2.25. The smallest absolute Gasteiger partial charge is 0.286 e. The van der Waals surface area contributed by atoms with E-state index in [0.29, 0.717) is 23.1 Å². The molecule has 0 saturated carbocycles. The highest BCUT2D eigenvalue weighted by atomic mass is 32.1. The molecule has 124 valence electrons. The molecule has 0 amide bonds. The summed E-state index contributed by atoms with van der Waals surface area (Å²) in [5.74, 6) is 0.222. The van der Waals surface area contributed by atoms with E-state index in [0.717, 1.165) is 17.8 Å². The van der Waals surface area contributed by atoms with Gasteiger partial charge >= 0.3 is 0 Å². The number of aromatic nitrogens is 4. The number of azo groups is 1. The molecule has 0 saturated heterocycles. The molecule has 2 rings (SSSR count). The molecular weight excluding hydrogens is 336 g/mol. The van der Waals surface area contributed by atoms with Crippen molar-refractivity contribution in [1.82, 2.24) is 19.7 Å². The minimum atomic E-state index is -0.323. The Morgan fingerprint density at radius 1 is 1.35 bits per heavy atom. The van der Waals surface area contributed by atoms with Crippen molar-refractivity contribution in [3.63, 3.8) is 0 Å². The van der Waals surface area contributed by atoms with Crippen molar-refractivity contribution >= 4 is 34.4 Å². The first-order chi connectivity index (χ1) is 11.1. The summed E-state index contributed by atoms with van der Waals surface area (Å²) in [5, 5.41) is 16.9. The van der Waals surface area contributed by atoms with Crippen molar-refractivity contribution in [3.05, 3.63) is 20.1 Å². The van der Waals surface area contributed by atoms with E-state index in [4.69, 9.17) is 17.0 Å². The summed E-state index contributed by atoms with van der Waals surface area (Å²) >= 11 is 6.52. The van der Waals surface area contributed by atoms with E-state index in [9.17, 15) is 4.79 Å². The predicted molar refractivity (Wildman–Crippen MR) is 90.8 cm³/mol. The maximum Gasteiger partial charge on any atom is 0.286 e. The van der Waals surface area contributed by atoms with Gasteiger partial charge in [-0.1, -0.05) is 24.7 Å². The lowest BCUT2D eigenvalue weighted by Crippen LogP contribution is -2.22. The zero-order chi connectivity index (χ0) is 16.8. The summed E-state index contributed by atoms with van der Waals surface area (Å²) in [4.78, 5) is 15.5. The summed E-state index contributed by atoms with van der Waals surface area (Å²) in [6, 6.07) is 0. The minimum absolute atomic E-state index is 0.0874. The molecule has 0 aliphatic rings. The number of hydrogen-bond acceptors (Lipinski definition) is 8. The zero-order valence-electron chi connectivity index (χ0n) is 13.2. The molecule has 2 aromatic rings. The average molecular weight is 354 g/mol. The van der Waals surface area contributed by atoms with Crippen LogP contribution in [0, 0.1) is 11.7 Å². The van der Waals surface area contributed by atoms with Crippen molar-refractivity contribution in [1.29, 1.82) is 0 Å². The minimum Gasteiger partial charge on any atom is -0.478 e. The van der Waals surface area contributed by atoms with Crippen molar-refractivity contribution in [3.8, 4) is 5.88 Å². The van der Waals surface area contributed by atoms with Gasteiger partial charge in [0.25, 0.3) is 10.7 Å². The number of unbranched alkanes of at least 4 members (excludes halogenated alkanes) is 1. The van der Waals surface area contributed by atoms with Crippen molar-refractivity contribution < 1.29 is 4.74 Å². The topological polar surface area (TPSA) is 97.5 Å². The van der Waals surface area contributed by atoms with Crippen LogP contribution in [0.2, 0.25) is 0 Å². The molecule has 0 unspecified atom stereocenters. The van der Waals surface area contributed by atoms with Crippen LogP contribution in [0.15, 0.2) is 15.0 Å². The third-order valence-corrected chi connectivity index (χ3v) is 3.95. The molecule has 0 aliphatic heterocycles. The van der Waals surface area contributed by atoms with Gasteiger partial charge in [-0.15, -0.1) is 20.4 Å². The molecule has 0 bridgehead atoms. The van der Waals surface area contributed by atoms with Gasteiger partial charge in [-0.25, -0.2) is 0 Å². The molecule has 8 nitrogen and oxygen atoms in total. The number of hydrogen-bond donors (Lipinski definition) is 1. The second-order valence-corrected chi connectivity index (χ2v) is 6.20. The Balaban J connectivity index is 2.47. The highest BCUT2D eigenvalue weighted by molar-refractivity contribution is 7.71. The number of nitrogens with one attached hydrogen (secondary N) is 1. The van der Waals surface area contributed by atoms with Crippen LogP contribution in [0.3, 0.4) is 0 Å². The van der Waals surface area contributed by atoms with E-state index in [1.165, 1.54) is 15.9 Å². The van der Waals surface area contributed by atoms with Gasteiger partial charge in [-0.3, -0.25) is 9.36 Å². The van der Waals surface area contributed by atoms with Gasteiger partial charge in [0.2, 0.25) is 11.6 Å². The quantitative estimate of drug-likeness (QED) is 0.604. The molecule has 0 spiro atoms. The Bertz CT molecular complexity index is 808. The van der Waals surface area contributed by atoms with Gasteiger partial charge in [-0.2, -0.15) is 0 Å². The Labute approximate surface area is 142 Å². The van der Waals surface area contributed by atoms with Crippen LogP contribution < -0.4 is 10.3 Å². The number of aryl methyl sites for hydroxylation is 1. The molecular formula is C13H18N6O2S2. The monoisotopic (exact) mass is 354 g/mol. The standard InChI is InChI=1S/C13H18N6O2S2/c1-4-6-7-19-11(20)9(10(21-5-2)14-13(19)22)16-18-12-17-15-8(3)23-12/h4-7H2,1-3H3,(H,14,22)/b18-16+. The highest BCUT2D eigenvalue weighted by Gasteiger charge is 2.14. The van der Waals surface area contributed by atoms with Crippen LogP contribution in [0.25, 0.3) is 0 Å². The van der Waals surface area contributed by atoms with E-state index in [2.05, 4.69) is 25.4 Å². The molecule has 2 aromatic heterocycles. The number of H-pyrrole nitrogens is 1. The average Bonchev–Trinajstić information content (AvgIpc) is 2.92. The molecule has 0 atom stereocenters. The third-order valence-electron chi connectivity index (χ3n) is 2.90. The molecule has 10 heteroatoms. The number of nitrogens with zero attached hydrogens (tertiary/aromatic N) is 5. The summed E-state index contributed by atoms with van der Waals surface area (Å²) in [6.07, 6.45) is 1.80. The molecule has 2 heterocycles. The maximum absolute atomic E-state index is 12.6. The summed E-state index contributed by atoms with van der Waals surface area (Å²) in [5.41, 5.74) is -0.236. The summed E-state index contributed by atoms with van der Waals surface area (Å²) in [6.45, 7) is 6.58. The normalized spacial score (nSPS) is 11.3. The third kappa shape index (κ3) is 4.29. The first-order valence-corrected chi connectivity index (χ1v) is 8.51. The Morgan fingerprint density at radius 3 is 2.74 bits per heavy atom. The Morgan fingerprint density at radius 2 is 2.13 bits per heavy atom. The van der Waals surface area contributed by atoms with Crippen molar-refractivity contribution in [2.45, 2.75) is 40.2 Å². The number of ether oxygens (including phenoxy) is 1. The molecule has 23 heavy (non-hydrogen) atoms. The van der Waals surface area contributed by atoms with Crippen LogP contribution in [0.4, 0.5) is 10.8 Å². The first-order valence-electron chi connectivity index (χ1n) is 7.28. The second-order valence-electron chi connectivity index (χ2n) is 4.65. The number of rotatable bonds is 7.